The number of fused-ring (bicyclic) bond motifs is 1. The molecule has 2 aromatic carbocycles. The van der Waals surface area contributed by atoms with Crippen molar-refractivity contribution in [3.63, 3.8) is 0 Å². The van der Waals surface area contributed by atoms with E-state index in [0.717, 1.165) is 38.4 Å². The summed E-state index contributed by atoms with van der Waals surface area (Å²) in [6.45, 7) is 0. The lowest BCUT2D eigenvalue weighted by molar-refractivity contribution is 0.415. The van der Waals surface area contributed by atoms with Gasteiger partial charge in [0.2, 0.25) is 0 Å². The van der Waals surface area contributed by atoms with Crippen molar-refractivity contribution in [3.8, 4) is 27.4 Å². The average molecular weight is 322 g/mol. The van der Waals surface area contributed by atoms with E-state index in [1.54, 1.807) is 7.11 Å². The first-order valence-electron chi connectivity index (χ1n) is 7.09. The van der Waals surface area contributed by atoms with Gasteiger partial charge in [-0.1, -0.05) is 23.5 Å². The van der Waals surface area contributed by atoms with Crippen LogP contribution in [0.5, 0.6) is 5.75 Å². The number of methoxy groups -OCH3 is 1. The Morgan fingerprint density at radius 1 is 1.09 bits per heavy atom. The zero-order valence-corrected chi connectivity index (χ0v) is 13.2. The molecule has 0 saturated carbocycles. The number of ether oxygens (including phenoxy) is 1. The number of nitrogen functional groups attached to an aromatic ring is 1. The highest BCUT2D eigenvalue weighted by molar-refractivity contribution is 7.19. The summed E-state index contributed by atoms with van der Waals surface area (Å²) in [7, 11) is 1.65. The van der Waals surface area contributed by atoms with Gasteiger partial charge in [-0.2, -0.15) is 5.10 Å². The van der Waals surface area contributed by atoms with E-state index < -0.39 is 0 Å². The van der Waals surface area contributed by atoms with E-state index in [9.17, 15) is 0 Å². The number of hydrogen-bond acceptors (Lipinski definition) is 5. The molecule has 4 rings (SSSR count). The Kier molecular flexibility index (Phi) is 3.24. The fourth-order valence-corrected chi connectivity index (χ4v) is 3.41. The normalized spacial score (nSPS) is 11.0. The number of anilines is 1. The Morgan fingerprint density at radius 2 is 1.87 bits per heavy atom. The fraction of sp³-hybridized carbons (Fsp3) is 0.0588. The standard InChI is InChI=1S/C17H14N4OS/c1-22-13-6-4-10(5-7-13)15-16(23-17(18)20-15)11-2-3-12-9-19-21-14(12)8-11/h2-9H,1H3,(H2,18,20)(H,19,21). The lowest BCUT2D eigenvalue weighted by Gasteiger charge is -2.04. The molecule has 4 aromatic rings. The third-order valence-electron chi connectivity index (χ3n) is 3.71. The van der Waals surface area contributed by atoms with Gasteiger partial charge in [0.05, 0.1) is 29.4 Å². The van der Waals surface area contributed by atoms with Crippen LogP contribution >= 0.6 is 11.3 Å². The highest BCUT2D eigenvalue weighted by Gasteiger charge is 2.14. The van der Waals surface area contributed by atoms with Crippen LogP contribution in [0.4, 0.5) is 5.13 Å². The van der Waals surface area contributed by atoms with E-state index in [0.29, 0.717) is 5.13 Å². The van der Waals surface area contributed by atoms with Crippen LogP contribution < -0.4 is 10.5 Å². The number of thiazole rings is 1. The molecular formula is C17H14N4OS. The number of aromatic nitrogens is 3. The molecule has 0 fully saturated rings. The van der Waals surface area contributed by atoms with E-state index in [-0.39, 0.29) is 0 Å². The molecule has 0 unspecified atom stereocenters. The Labute approximate surface area is 136 Å². The minimum Gasteiger partial charge on any atom is -0.497 e. The molecule has 0 aliphatic carbocycles. The van der Waals surface area contributed by atoms with Gasteiger partial charge in [0, 0.05) is 10.9 Å². The maximum Gasteiger partial charge on any atom is 0.181 e. The summed E-state index contributed by atoms with van der Waals surface area (Å²) >= 11 is 1.48. The Morgan fingerprint density at radius 3 is 2.65 bits per heavy atom. The van der Waals surface area contributed by atoms with Crippen molar-refractivity contribution in [2.24, 2.45) is 0 Å². The van der Waals surface area contributed by atoms with Crippen molar-refractivity contribution in [2.45, 2.75) is 0 Å². The van der Waals surface area contributed by atoms with Crippen LogP contribution in [-0.4, -0.2) is 22.3 Å². The van der Waals surface area contributed by atoms with E-state index in [1.807, 2.05) is 36.5 Å². The van der Waals surface area contributed by atoms with Crippen LogP contribution in [0, 0.1) is 0 Å². The van der Waals surface area contributed by atoms with Crippen LogP contribution in [0.1, 0.15) is 0 Å². The molecule has 0 bridgehead atoms. The molecule has 0 saturated heterocycles. The second-order valence-corrected chi connectivity index (χ2v) is 6.16. The Hall–Kier alpha value is -2.86. The maximum absolute atomic E-state index is 5.97. The van der Waals surface area contributed by atoms with Crippen LogP contribution in [0.3, 0.4) is 0 Å². The lowest BCUT2D eigenvalue weighted by Crippen LogP contribution is -1.86. The first-order valence-corrected chi connectivity index (χ1v) is 7.90. The Bertz CT molecular complexity index is 972. The van der Waals surface area contributed by atoms with Gasteiger partial charge in [0.1, 0.15) is 5.75 Å². The van der Waals surface area contributed by atoms with Gasteiger partial charge in [-0.05, 0) is 35.9 Å². The van der Waals surface area contributed by atoms with E-state index in [2.05, 4.69) is 27.3 Å². The predicted octanol–water partition coefficient (Wildman–Crippen LogP) is 3.94. The highest BCUT2D eigenvalue weighted by Crippen LogP contribution is 2.39. The fourth-order valence-electron chi connectivity index (χ4n) is 2.56. The van der Waals surface area contributed by atoms with Crippen molar-refractivity contribution in [1.82, 2.24) is 15.2 Å². The Balaban J connectivity index is 1.85. The van der Waals surface area contributed by atoms with Gasteiger partial charge in [0.25, 0.3) is 0 Å². The number of nitrogens with zero attached hydrogens (tertiary/aromatic N) is 2. The minimum absolute atomic E-state index is 0.551. The third kappa shape index (κ3) is 2.43. The number of nitrogens with one attached hydrogen (secondary N) is 1. The predicted molar refractivity (Wildman–Crippen MR) is 93.6 cm³/mol. The summed E-state index contributed by atoms with van der Waals surface area (Å²) in [6.07, 6.45) is 1.81. The molecule has 23 heavy (non-hydrogen) atoms. The van der Waals surface area contributed by atoms with Gasteiger partial charge >= 0.3 is 0 Å². The number of benzene rings is 2. The summed E-state index contributed by atoms with van der Waals surface area (Å²) in [5.74, 6) is 0.817. The molecule has 0 amide bonds. The first kappa shape index (κ1) is 13.8. The molecule has 0 atom stereocenters. The molecule has 2 heterocycles. The number of nitrogens with two attached hydrogens (primary N) is 1. The number of aromatic amines is 1. The van der Waals surface area contributed by atoms with Crippen LogP contribution in [-0.2, 0) is 0 Å². The largest absolute Gasteiger partial charge is 0.497 e. The molecule has 2 aromatic heterocycles. The lowest BCUT2D eigenvalue weighted by atomic mass is 10.1. The zero-order chi connectivity index (χ0) is 15.8. The zero-order valence-electron chi connectivity index (χ0n) is 12.4. The SMILES string of the molecule is COc1ccc(-c2nc(N)sc2-c2ccc3cn[nH]c3c2)cc1. The van der Waals surface area contributed by atoms with Crippen molar-refractivity contribution in [3.05, 3.63) is 48.7 Å². The molecule has 0 aliphatic rings. The maximum atomic E-state index is 5.97. The van der Waals surface area contributed by atoms with E-state index in [1.165, 1.54) is 11.3 Å². The molecule has 0 radical (unpaired) electrons. The third-order valence-corrected chi connectivity index (χ3v) is 4.64. The van der Waals surface area contributed by atoms with Gasteiger partial charge < -0.3 is 10.5 Å². The molecular weight excluding hydrogens is 308 g/mol. The molecule has 3 N–H and O–H groups in total. The topological polar surface area (TPSA) is 76.8 Å². The number of H-pyrrole nitrogens is 1. The van der Waals surface area contributed by atoms with Crippen molar-refractivity contribution >= 4 is 27.4 Å². The molecule has 0 aliphatic heterocycles. The average Bonchev–Trinajstić information content (AvgIpc) is 3.20. The van der Waals surface area contributed by atoms with Gasteiger partial charge in [-0.3, -0.25) is 5.10 Å². The van der Waals surface area contributed by atoms with Gasteiger partial charge in [0.15, 0.2) is 5.13 Å². The quantitative estimate of drug-likeness (QED) is 0.599. The summed E-state index contributed by atoms with van der Waals surface area (Å²) in [5, 5.41) is 8.69. The second-order valence-electron chi connectivity index (χ2n) is 5.13. The molecule has 6 heteroatoms. The number of rotatable bonds is 3. The van der Waals surface area contributed by atoms with Gasteiger partial charge in [-0.15, -0.1) is 0 Å². The monoisotopic (exact) mass is 322 g/mol. The molecule has 5 nitrogen and oxygen atoms in total. The number of hydrogen-bond donors (Lipinski definition) is 2. The molecule has 0 spiro atoms. The van der Waals surface area contributed by atoms with Crippen LogP contribution in [0.15, 0.2) is 48.7 Å². The highest BCUT2D eigenvalue weighted by atomic mass is 32.1. The summed E-state index contributed by atoms with van der Waals surface area (Å²) in [4.78, 5) is 5.56. The van der Waals surface area contributed by atoms with Crippen molar-refractivity contribution in [1.29, 1.82) is 0 Å². The minimum atomic E-state index is 0.551. The van der Waals surface area contributed by atoms with Gasteiger partial charge in [-0.25, -0.2) is 4.98 Å². The van der Waals surface area contributed by atoms with Crippen molar-refractivity contribution in [2.75, 3.05) is 12.8 Å². The van der Waals surface area contributed by atoms with E-state index >= 15 is 0 Å². The van der Waals surface area contributed by atoms with Crippen LogP contribution in [0.25, 0.3) is 32.6 Å². The van der Waals surface area contributed by atoms with Crippen molar-refractivity contribution < 1.29 is 4.74 Å². The second kappa shape index (κ2) is 5.40. The van der Waals surface area contributed by atoms with Crippen LogP contribution in [0.2, 0.25) is 0 Å². The van der Waals surface area contributed by atoms with E-state index in [4.69, 9.17) is 10.5 Å². The molecule has 114 valence electrons. The summed E-state index contributed by atoms with van der Waals surface area (Å²) in [5.41, 5.74) is 9.93. The summed E-state index contributed by atoms with van der Waals surface area (Å²) in [6, 6.07) is 14.0. The first-order chi connectivity index (χ1) is 11.2. The smallest absolute Gasteiger partial charge is 0.181 e. The summed E-state index contributed by atoms with van der Waals surface area (Å²) < 4.78 is 5.21.